The number of nitrogens with two attached hydrogens (primary N) is 1. The Morgan fingerprint density at radius 2 is 2.09 bits per heavy atom. The molecule has 0 unspecified atom stereocenters. The van der Waals surface area contributed by atoms with Crippen LogP contribution in [0.15, 0.2) is 52.0 Å². The van der Waals surface area contributed by atoms with Gasteiger partial charge >= 0.3 is 5.97 Å². The van der Waals surface area contributed by atoms with Gasteiger partial charge in [0.05, 0.1) is 11.8 Å². The van der Waals surface area contributed by atoms with Crippen LogP contribution in [-0.4, -0.2) is 17.3 Å². The Morgan fingerprint density at radius 3 is 2.78 bits per heavy atom. The zero-order chi connectivity index (χ0) is 16.8. The second kappa shape index (κ2) is 7.85. The number of carbonyl (C=O) groups is 1. The molecule has 0 heterocycles. The lowest BCUT2D eigenvalue weighted by Gasteiger charge is -2.09. The summed E-state index contributed by atoms with van der Waals surface area (Å²) in [5.41, 5.74) is 9.73. The summed E-state index contributed by atoms with van der Waals surface area (Å²) in [6, 6.07) is 12.5. The molecular weight excluding hydrogens is 378 g/mol. The first-order valence-corrected chi connectivity index (χ1v) is 7.83. The van der Waals surface area contributed by atoms with E-state index in [-0.39, 0.29) is 5.11 Å². The molecular formula is C16H14BrN3O2S. The SMILES string of the molecule is Cc1ccccc1C(=O)Oc1ccc(Br)cc1/C=N/NC(N)=S. The number of hydrazone groups is 1. The smallest absolute Gasteiger partial charge is 0.343 e. The minimum Gasteiger partial charge on any atom is -0.422 e. The lowest BCUT2D eigenvalue weighted by Crippen LogP contribution is -2.24. The molecule has 5 nitrogen and oxygen atoms in total. The number of ether oxygens (including phenoxy) is 1. The number of carbonyl (C=O) groups excluding carboxylic acids is 1. The highest BCUT2D eigenvalue weighted by Crippen LogP contribution is 2.23. The molecule has 2 rings (SSSR count). The number of nitrogens with zero attached hydrogens (tertiary/aromatic N) is 1. The largest absolute Gasteiger partial charge is 0.422 e. The van der Waals surface area contributed by atoms with Gasteiger partial charge in [-0.25, -0.2) is 4.79 Å². The lowest BCUT2D eigenvalue weighted by atomic mass is 10.1. The second-order valence-corrected chi connectivity index (χ2v) is 5.98. The maximum atomic E-state index is 12.3. The first-order chi connectivity index (χ1) is 11.0. The van der Waals surface area contributed by atoms with E-state index in [1.807, 2.05) is 19.1 Å². The van der Waals surface area contributed by atoms with E-state index < -0.39 is 5.97 Å². The number of rotatable bonds is 4. The number of aryl methyl sites for hydroxylation is 1. The summed E-state index contributed by atoms with van der Waals surface area (Å²) in [5.74, 6) is -0.0441. The van der Waals surface area contributed by atoms with E-state index >= 15 is 0 Å². The standard InChI is InChI=1S/C16H14BrN3O2S/c1-10-4-2-3-5-13(10)15(21)22-14-7-6-12(17)8-11(14)9-19-20-16(18)23/h2-9H,1H3,(H3,18,20,23)/b19-9+. The van der Waals surface area contributed by atoms with Crippen molar-refractivity contribution in [2.24, 2.45) is 10.8 Å². The molecule has 0 radical (unpaired) electrons. The number of hydrogen-bond donors (Lipinski definition) is 2. The molecule has 0 atom stereocenters. The third-order valence-corrected chi connectivity index (χ3v) is 3.50. The molecule has 0 aliphatic carbocycles. The maximum absolute atomic E-state index is 12.3. The van der Waals surface area contributed by atoms with Crippen LogP contribution in [0.1, 0.15) is 21.5 Å². The van der Waals surface area contributed by atoms with Gasteiger partial charge in [0.2, 0.25) is 0 Å². The molecule has 0 aromatic heterocycles. The van der Waals surface area contributed by atoms with Gasteiger partial charge < -0.3 is 10.5 Å². The maximum Gasteiger partial charge on any atom is 0.343 e. The summed E-state index contributed by atoms with van der Waals surface area (Å²) in [4.78, 5) is 12.3. The first-order valence-electron chi connectivity index (χ1n) is 6.63. The fourth-order valence-corrected chi connectivity index (χ4v) is 2.27. The van der Waals surface area contributed by atoms with Crippen molar-refractivity contribution in [3.63, 3.8) is 0 Å². The molecule has 0 saturated carbocycles. The van der Waals surface area contributed by atoms with Crippen molar-refractivity contribution in [2.45, 2.75) is 6.92 Å². The third-order valence-electron chi connectivity index (χ3n) is 2.92. The Morgan fingerprint density at radius 1 is 1.35 bits per heavy atom. The summed E-state index contributed by atoms with van der Waals surface area (Å²) in [7, 11) is 0. The van der Waals surface area contributed by atoms with Gasteiger partial charge in [-0.3, -0.25) is 5.43 Å². The Balaban J connectivity index is 2.25. The van der Waals surface area contributed by atoms with Crippen LogP contribution >= 0.6 is 28.1 Å². The van der Waals surface area contributed by atoms with Crippen LogP contribution in [0, 0.1) is 6.92 Å². The van der Waals surface area contributed by atoms with Crippen molar-refractivity contribution < 1.29 is 9.53 Å². The molecule has 0 aliphatic rings. The normalized spacial score (nSPS) is 10.5. The van der Waals surface area contributed by atoms with Crippen LogP contribution in [0.4, 0.5) is 0 Å². The zero-order valence-electron chi connectivity index (χ0n) is 12.2. The Labute approximate surface area is 147 Å². The quantitative estimate of drug-likeness (QED) is 0.275. The van der Waals surface area contributed by atoms with Crippen molar-refractivity contribution in [2.75, 3.05) is 0 Å². The number of halogens is 1. The van der Waals surface area contributed by atoms with Crippen molar-refractivity contribution in [3.8, 4) is 5.75 Å². The van der Waals surface area contributed by atoms with E-state index in [0.29, 0.717) is 16.9 Å². The van der Waals surface area contributed by atoms with Crippen molar-refractivity contribution in [3.05, 3.63) is 63.6 Å². The minimum atomic E-state index is -0.428. The summed E-state index contributed by atoms with van der Waals surface area (Å²) < 4.78 is 6.31. The lowest BCUT2D eigenvalue weighted by molar-refractivity contribution is 0.0733. The van der Waals surface area contributed by atoms with Crippen molar-refractivity contribution in [1.29, 1.82) is 0 Å². The number of hydrogen-bond acceptors (Lipinski definition) is 4. The van der Waals surface area contributed by atoms with Crippen LogP contribution in [0.2, 0.25) is 0 Å². The molecule has 23 heavy (non-hydrogen) atoms. The van der Waals surface area contributed by atoms with E-state index in [1.54, 1.807) is 30.3 Å². The summed E-state index contributed by atoms with van der Waals surface area (Å²) in [6.45, 7) is 1.85. The van der Waals surface area contributed by atoms with Gasteiger partial charge in [-0.15, -0.1) is 0 Å². The second-order valence-electron chi connectivity index (χ2n) is 4.62. The van der Waals surface area contributed by atoms with Crippen LogP contribution in [0.3, 0.4) is 0 Å². The van der Waals surface area contributed by atoms with Crippen LogP contribution in [-0.2, 0) is 0 Å². The highest BCUT2D eigenvalue weighted by molar-refractivity contribution is 9.10. The third kappa shape index (κ3) is 4.87. The van der Waals surface area contributed by atoms with Gasteiger partial charge in [0.15, 0.2) is 5.11 Å². The predicted molar refractivity (Wildman–Crippen MR) is 97.8 cm³/mol. The zero-order valence-corrected chi connectivity index (χ0v) is 14.6. The Hall–Kier alpha value is -2.25. The summed E-state index contributed by atoms with van der Waals surface area (Å²) in [5, 5.41) is 3.94. The highest BCUT2D eigenvalue weighted by Gasteiger charge is 2.13. The number of esters is 1. The fraction of sp³-hybridized carbons (Fsp3) is 0.0625. The molecule has 0 saturated heterocycles. The molecule has 0 aliphatic heterocycles. The van der Waals surface area contributed by atoms with Gasteiger partial charge in [0, 0.05) is 10.0 Å². The minimum absolute atomic E-state index is 0.0506. The molecule has 7 heteroatoms. The number of benzene rings is 2. The summed E-state index contributed by atoms with van der Waals surface area (Å²) in [6.07, 6.45) is 1.48. The number of nitrogens with one attached hydrogen (secondary N) is 1. The van der Waals surface area contributed by atoms with Gasteiger partial charge in [0.1, 0.15) is 5.75 Å². The molecule has 0 spiro atoms. The van der Waals surface area contributed by atoms with E-state index in [1.165, 1.54) is 6.21 Å². The average molecular weight is 392 g/mol. The molecule has 2 aromatic carbocycles. The van der Waals surface area contributed by atoms with Gasteiger partial charge in [0.25, 0.3) is 0 Å². The highest BCUT2D eigenvalue weighted by atomic mass is 79.9. The molecule has 118 valence electrons. The Bertz CT molecular complexity index is 778. The van der Waals surface area contributed by atoms with E-state index in [4.69, 9.17) is 10.5 Å². The molecule has 0 amide bonds. The van der Waals surface area contributed by atoms with Crippen LogP contribution in [0.5, 0.6) is 5.75 Å². The van der Waals surface area contributed by atoms with Crippen molar-refractivity contribution >= 4 is 45.4 Å². The van der Waals surface area contributed by atoms with Gasteiger partial charge in [-0.2, -0.15) is 5.10 Å². The molecule has 0 bridgehead atoms. The summed E-state index contributed by atoms with van der Waals surface area (Å²) >= 11 is 8.04. The van der Waals surface area contributed by atoms with Crippen LogP contribution < -0.4 is 15.9 Å². The van der Waals surface area contributed by atoms with Gasteiger partial charge in [-0.1, -0.05) is 34.1 Å². The van der Waals surface area contributed by atoms with Crippen LogP contribution in [0.25, 0.3) is 0 Å². The Kier molecular flexibility index (Phi) is 5.84. The van der Waals surface area contributed by atoms with E-state index in [9.17, 15) is 4.79 Å². The number of thiocarbonyl (C=S) groups is 1. The van der Waals surface area contributed by atoms with Crippen molar-refractivity contribution in [1.82, 2.24) is 5.43 Å². The van der Waals surface area contributed by atoms with E-state index in [2.05, 4.69) is 38.7 Å². The topological polar surface area (TPSA) is 76.7 Å². The first kappa shape index (κ1) is 17.1. The molecule has 0 fully saturated rings. The average Bonchev–Trinajstić information content (AvgIpc) is 2.50. The predicted octanol–water partition coefficient (Wildman–Crippen LogP) is 3.14. The molecule has 3 N–H and O–H groups in total. The monoisotopic (exact) mass is 391 g/mol. The fourth-order valence-electron chi connectivity index (χ4n) is 1.84. The van der Waals surface area contributed by atoms with Gasteiger partial charge in [-0.05, 0) is 49.0 Å². The van der Waals surface area contributed by atoms with E-state index in [0.717, 1.165) is 10.0 Å². The molecule has 2 aromatic rings.